The van der Waals surface area contributed by atoms with Crippen LogP contribution in [0.1, 0.15) is 239 Å². The highest BCUT2D eigenvalue weighted by atomic mass is 16.5. The summed E-state index contributed by atoms with van der Waals surface area (Å²) in [4.78, 5) is 26.0. The van der Waals surface area contributed by atoms with Crippen LogP contribution in [0.15, 0.2) is 0 Å². The zero-order valence-corrected chi connectivity index (χ0v) is 34.9. The van der Waals surface area contributed by atoms with Gasteiger partial charge in [-0.05, 0) is 70.4 Å². The van der Waals surface area contributed by atoms with Gasteiger partial charge in [0.05, 0.1) is 6.10 Å². The van der Waals surface area contributed by atoms with Crippen molar-refractivity contribution in [2.75, 3.05) is 20.2 Å². The van der Waals surface area contributed by atoms with Gasteiger partial charge in [-0.15, -0.1) is 0 Å². The highest BCUT2D eigenvalue weighted by Crippen LogP contribution is 2.40. The average Bonchev–Trinajstić information content (AvgIpc) is 3.49. The first-order valence-electron chi connectivity index (χ1n) is 23.0. The van der Waals surface area contributed by atoms with Gasteiger partial charge >= 0.3 is 5.97 Å². The third-order valence-corrected chi connectivity index (χ3v) is 11.6. The minimum Gasteiger partial charge on any atom is -0.462 e. The fourth-order valence-corrected chi connectivity index (χ4v) is 8.28. The number of rotatable bonds is 39. The van der Waals surface area contributed by atoms with Crippen LogP contribution in [0.2, 0.25) is 0 Å². The van der Waals surface area contributed by atoms with Gasteiger partial charge in [0.2, 0.25) is 0 Å². The normalized spacial score (nSPS) is 18.0. The predicted octanol–water partition coefficient (Wildman–Crippen LogP) is 13.6. The second kappa shape index (κ2) is 36.1. The Morgan fingerprint density at radius 3 is 1.65 bits per heavy atom. The van der Waals surface area contributed by atoms with Crippen LogP contribution in [0.4, 0.5) is 0 Å². The average molecular weight is 720 g/mol. The molecule has 1 aliphatic rings. The molecule has 302 valence electrons. The van der Waals surface area contributed by atoms with Crippen molar-refractivity contribution in [3.8, 4) is 0 Å². The van der Waals surface area contributed by atoms with E-state index in [9.17, 15) is 9.59 Å². The number of carbonyl (C=O) groups excluding carboxylic acids is 2. The molecule has 5 nitrogen and oxygen atoms in total. The number of esters is 1. The summed E-state index contributed by atoms with van der Waals surface area (Å²) < 4.78 is 12.5. The summed E-state index contributed by atoms with van der Waals surface area (Å²) in [5.74, 6) is 1.01. The van der Waals surface area contributed by atoms with Crippen LogP contribution in [0.5, 0.6) is 0 Å². The first-order chi connectivity index (χ1) is 25.0. The third kappa shape index (κ3) is 28.2. The lowest BCUT2D eigenvalue weighted by atomic mass is 9.85. The molecule has 51 heavy (non-hydrogen) atoms. The maximum atomic E-state index is 13.4. The monoisotopic (exact) mass is 720 g/mol. The summed E-state index contributed by atoms with van der Waals surface area (Å²) in [7, 11) is 1.92. The SMILES string of the molecule is CCCCCCCCCCCCCCC(CCC(=O)CC1CCC(OC(=O)CCCNC)C1CCCCC)OCCCCCCCCCCCC. The van der Waals surface area contributed by atoms with Crippen molar-refractivity contribution in [3.63, 3.8) is 0 Å². The van der Waals surface area contributed by atoms with E-state index in [2.05, 4.69) is 26.1 Å². The summed E-state index contributed by atoms with van der Waals surface area (Å²) in [5, 5.41) is 3.11. The van der Waals surface area contributed by atoms with Crippen LogP contribution in [0.3, 0.4) is 0 Å². The van der Waals surface area contributed by atoms with Crippen molar-refractivity contribution < 1.29 is 19.1 Å². The molecule has 1 N–H and O–H groups in total. The Bertz CT molecular complexity index is 772. The summed E-state index contributed by atoms with van der Waals surface area (Å²) in [6.07, 6.45) is 41.1. The van der Waals surface area contributed by atoms with Crippen molar-refractivity contribution in [1.29, 1.82) is 0 Å². The fourth-order valence-electron chi connectivity index (χ4n) is 8.28. The van der Waals surface area contributed by atoms with Gasteiger partial charge in [-0.1, -0.05) is 175 Å². The van der Waals surface area contributed by atoms with Crippen LogP contribution in [-0.2, 0) is 19.1 Å². The maximum absolute atomic E-state index is 13.4. The largest absolute Gasteiger partial charge is 0.462 e. The molecular weight excluding hydrogens is 631 g/mol. The lowest BCUT2D eigenvalue weighted by Crippen LogP contribution is -2.27. The molecule has 0 saturated heterocycles. The van der Waals surface area contributed by atoms with Crippen molar-refractivity contribution in [2.24, 2.45) is 11.8 Å². The number of ketones is 1. The number of Topliss-reactive ketones (excluding diaryl/α,β-unsaturated/α-hetero) is 1. The minimum absolute atomic E-state index is 0.00956. The van der Waals surface area contributed by atoms with Gasteiger partial charge in [0, 0.05) is 25.9 Å². The van der Waals surface area contributed by atoms with Gasteiger partial charge in [-0.2, -0.15) is 0 Å². The Morgan fingerprint density at radius 2 is 1.10 bits per heavy atom. The summed E-state index contributed by atoms with van der Waals surface area (Å²) in [6, 6.07) is 0. The lowest BCUT2D eigenvalue weighted by molar-refractivity contribution is -0.151. The van der Waals surface area contributed by atoms with Crippen molar-refractivity contribution >= 4 is 11.8 Å². The van der Waals surface area contributed by atoms with Crippen LogP contribution < -0.4 is 5.32 Å². The van der Waals surface area contributed by atoms with E-state index >= 15 is 0 Å². The molecule has 0 radical (unpaired) electrons. The number of carbonyl (C=O) groups is 2. The van der Waals surface area contributed by atoms with E-state index in [1.165, 1.54) is 148 Å². The van der Waals surface area contributed by atoms with Crippen molar-refractivity contribution in [1.82, 2.24) is 5.32 Å². The third-order valence-electron chi connectivity index (χ3n) is 11.6. The van der Waals surface area contributed by atoms with E-state index in [-0.39, 0.29) is 18.2 Å². The van der Waals surface area contributed by atoms with Crippen LogP contribution >= 0.6 is 0 Å². The van der Waals surface area contributed by atoms with Crippen LogP contribution in [0, 0.1) is 11.8 Å². The molecule has 4 unspecified atom stereocenters. The molecule has 4 atom stereocenters. The Labute approximate surface area is 318 Å². The second-order valence-electron chi connectivity index (χ2n) is 16.4. The van der Waals surface area contributed by atoms with Gasteiger partial charge in [0.25, 0.3) is 0 Å². The predicted molar refractivity (Wildman–Crippen MR) is 220 cm³/mol. The Kier molecular flexibility index (Phi) is 34.0. The highest BCUT2D eigenvalue weighted by Gasteiger charge is 2.38. The summed E-state index contributed by atoms with van der Waals surface area (Å²) in [5.41, 5.74) is 0. The van der Waals surface area contributed by atoms with Crippen molar-refractivity contribution in [3.05, 3.63) is 0 Å². The van der Waals surface area contributed by atoms with Crippen LogP contribution in [-0.4, -0.2) is 44.2 Å². The quantitative estimate of drug-likeness (QED) is 0.0506. The van der Waals surface area contributed by atoms with E-state index in [1.807, 2.05) is 7.05 Å². The van der Waals surface area contributed by atoms with Crippen LogP contribution in [0.25, 0.3) is 0 Å². The highest BCUT2D eigenvalue weighted by molar-refractivity contribution is 5.78. The molecule has 0 aromatic carbocycles. The Hall–Kier alpha value is -0.940. The van der Waals surface area contributed by atoms with Gasteiger partial charge in [-0.25, -0.2) is 0 Å². The number of unbranched alkanes of at least 4 members (excludes halogenated alkanes) is 22. The standard InChI is InChI=1S/C46H89NO4/c1-5-8-11-13-15-17-19-20-21-23-25-28-31-43(50-39-29-26-24-22-18-16-14-12-9-6-2)36-35-42(48)40-41-34-37-45(44(41)32-27-10-7-3)51-46(49)33-30-38-47-4/h41,43-45,47H,5-40H2,1-4H3. The molecule has 1 saturated carbocycles. The van der Waals surface area contributed by atoms with E-state index in [0.717, 1.165) is 64.5 Å². The van der Waals surface area contributed by atoms with E-state index < -0.39 is 0 Å². The number of ether oxygens (including phenoxy) is 2. The molecule has 0 aliphatic heterocycles. The summed E-state index contributed by atoms with van der Waals surface area (Å²) >= 11 is 0. The Balaban J connectivity index is 2.49. The fraction of sp³-hybridized carbons (Fsp3) is 0.957. The van der Waals surface area contributed by atoms with Gasteiger partial charge < -0.3 is 14.8 Å². The second-order valence-corrected chi connectivity index (χ2v) is 16.4. The molecular formula is C46H89NO4. The molecule has 1 aliphatic carbocycles. The summed E-state index contributed by atoms with van der Waals surface area (Å²) in [6.45, 7) is 8.49. The molecule has 0 aromatic heterocycles. The molecule has 0 heterocycles. The topological polar surface area (TPSA) is 64.6 Å². The van der Waals surface area contributed by atoms with E-state index in [0.29, 0.717) is 36.9 Å². The smallest absolute Gasteiger partial charge is 0.306 e. The minimum atomic E-state index is -0.0667. The van der Waals surface area contributed by atoms with E-state index in [1.54, 1.807) is 0 Å². The number of hydrogen-bond donors (Lipinski definition) is 1. The molecule has 5 heteroatoms. The molecule has 0 aromatic rings. The molecule has 1 fully saturated rings. The van der Waals surface area contributed by atoms with Crippen molar-refractivity contribution in [2.45, 2.75) is 251 Å². The molecule has 0 bridgehead atoms. The zero-order valence-electron chi connectivity index (χ0n) is 34.9. The maximum Gasteiger partial charge on any atom is 0.306 e. The Morgan fingerprint density at radius 1 is 0.588 bits per heavy atom. The number of hydrogen-bond acceptors (Lipinski definition) is 5. The first-order valence-corrected chi connectivity index (χ1v) is 23.0. The van der Waals surface area contributed by atoms with Gasteiger partial charge in [0.15, 0.2) is 0 Å². The van der Waals surface area contributed by atoms with Gasteiger partial charge in [-0.3, -0.25) is 9.59 Å². The first kappa shape index (κ1) is 48.1. The van der Waals surface area contributed by atoms with E-state index in [4.69, 9.17) is 9.47 Å². The lowest BCUT2D eigenvalue weighted by Gasteiger charge is -2.25. The molecule has 1 rings (SSSR count). The van der Waals surface area contributed by atoms with Gasteiger partial charge in [0.1, 0.15) is 11.9 Å². The number of nitrogens with one attached hydrogen (secondary N) is 1. The molecule has 0 spiro atoms. The zero-order chi connectivity index (χ0) is 37.0. The molecule has 0 amide bonds.